The molecular formula is C17H15FN6S. The van der Waals surface area contributed by atoms with Crippen molar-refractivity contribution in [3.8, 4) is 11.4 Å². The average Bonchev–Trinajstić information content (AvgIpc) is 3.18. The zero-order chi connectivity index (χ0) is 17.4. The molecule has 3 aromatic heterocycles. The summed E-state index contributed by atoms with van der Waals surface area (Å²) in [5.74, 6) is 6.55. The van der Waals surface area contributed by atoms with Crippen molar-refractivity contribution in [3.05, 3.63) is 65.9 Å². The van der Waals surface area contributed by atoms with Gasteiger partial charge in [0.1, 0.15) is 11.5 Å². The highest BCUT2D eigenvalue weighted by Crippen LogP contribution is 2.25. The fourth-order valence-corrected chi connectivity index (χ4v) is 3.35. The van der Waals surface area contributed by atoms with Gasteiger partial charge in [0.25, 0.3) is 0 Å². The largest absolute Gasteiger partial charge is 0.335 e. The number of benzene rings is 1. The number of nitrogens with zero attached hydrogens (tertiary/aromatic N) is 5. The normalized spacial score (nSPS) is 11.3. The Morgan fingerprint density at radius 3 is 2.80 bits per heavy atom. The molecule has 0 spiro atoms. The lowest BCUT2D eigenvalue weighted by molar-refractivity contribution is 0.629. The van der Waals surface area contributed by atoms with Crippen LogP contribution >= 0.6 is 11.8 Å². The number of fused-ring (bicyclic) bond motifs is 1. The first kappa shape index (κ1) is 15.6. The van der Waals surface area contributed by atoms with Crippen LogP contribution in [0, 0.1) is 12.7 Å². The smallest absolute Gasteiger partial charge is 0.210 e. The van der Waals surface area contributed by atoms with Gasteiger partial charge in [-0.15, -0.1) is 10.2 Å². The van der Waals surface area contributed by atoms with Crippen molar-refractivity contribution in [2.24, 2.45) is 0 Å². The summed E-state index contributed by atoms with van der Waals surface area (Å²) in [6.45, 7) is 2.02. The van der Waals surface area contributed by atoms with Crippen LogP contribution in [0.2, 0.25) is 0 Å². The van der Waals surface area contributed by atoms with Crippen molar-refractivity contribution in [2.75, 3.05) is 5.84 Å². The van der Waals surface area contributed by atoms with Gasteiger partial charge in [-0.25, -0.2) is 14.1 Å². The van der Waals surface area contributed by atoms with Crippen LogP contribution in [-0.2, 0) is 5.75 Å². The number of hydrogen-bond donors (Lipinski definition) is 1. The van der Waals surface area contributed by atoms with Gasteiger partial charge in [0.05, 0.1) is 11.3 Å². The number of aromatic nitrogens is 5. The van der Waals surface area contributed by atoms with E-state index in [4.69, 9.17) is 5.84 Å². The van der Waals surface area contributed by atoms with E-state index in [1.54, 1.807) is 18.2 Å². The van der Waals surface area contributed by atoms with Gasteiger partial charge in [0, 0.05) is 18.1 Å². The summed E-state index contributed by atoms with van der Waals surface area (Å²) in [5.41, 5.74) is 3.28. The maximum atomic E-state index is 13.9. The number of hydrogen-bond acceptors (Lipinski definition) is 5. The number of nitrogen functional groups attached to an aromatic ring is 1. The molecule has 1 aromatic carbocycles. The van der Waals surface area contributed by atoms with Gasteiger partial charge >= 0.3 is 0 Å². The molecule has 8 heteroatoms. The maximum Gasteiger partial charge on any atom is 0.210 e. The fraction of sp³-hybridized carbons (Fsp3) is 0.118. The van der Waals surface area contributed by atoms with E-state index in [-0.39, 0.29) is 5.82 Å². The topological polar surface area (TPSA) is 74.0 Å². The lowest BCUT2D eigenvalue weighted by Gasteiger charge is -2.03. The molecular weight excluding hydrogens is 339 g/mol. The van der Waals surface area contributed by atoms with Crippen LogP contribution in [0.4, 0.5) is 4.39 Å². The second-order valence-electron chi connectivity index (χ2n) is 5.60. The first-order valence-electron chi connectivity index (χ1n) is 7.65. The van der Waals surface area contributed by atoms with Crippen LogP contribution in [0.15, 0.2) is 53.9 Å². The molecule has 0 aliphatic carbocycles. The van der Waals surface area contributed by atoms with Crippen LogP contribution < -0.4 is 5.84 Å². The Hall–Kier alpha value is -2.87. The SMILES string of the molecule is Cc1cccn2cc(CSc3nnc(-c4ccccc4F)n3N)nc12. The van der Waals surface area contributed by atoms with Gasteiger partial charge in [-0.05, 0) is 30.7 Å². The molecule has 126 valence electrons. The van der Waals surface area contributed by atoms with E-state index in [0.29, 0.717) is 22.3 Å². The Labute approximate surface area is 147 Å². The lowest BCUT2D eigenvalue weighted by atomic mass is 10.2. The van der Waals surface area contributed by atoms with Gasteiger partial charge in [-0.3, -0.25) is 0 Å². The van der Waals surface area contributed by atoms with E-state index in [1.807, 2.05) is 35.9 Å². The summed E-state index contributed by atoms with van der Waals surface area (Å²) < 4.78 is 17.2. The van der Waals surface area contributed by atoms with Crippen LogP contribution in [0.3, 0.4) is 0 Å². The minimum atomic E-state index is -0.381. The minimum absolute atomic E-state index is 0.298. The van der Waals surface area contributed by atoms with E-state index in [2.05, 4.69) is 15.2 Å². The maximum absolute atomic E-state index is 13.9. The zero-order valence-corrected chi connectivity index (χ0v) is 14.2. The summed E-state index contributed by atoms with van der Waals surface area (Å²) >= 11 is 1.41. The first-order chi connectivity index (χ1) is 12.1. The Morgan fingerprint density at radius 2 is 2.00 bits per heavy atom. The third kappa shape index (κ3) is 2.85. The van der Waals surface area contributed by atoms with Crippen molar-refractivity contribution < 1.29 is 4.39 Å². The molecule has 25 heavy (non-hydrogen) atoms. The van der Waals surface area contributed by atoms with Gasteiger partial charge in [-0.2, -0.15) is 0 Å². The molecule has 3 heterocycles. The van der Waals surface area contributed by atoms with Gasteiger partial charge < -0.3 is 10.2 Å². The quantitative estimate of drug-likeness (QED) is 0.450. The number of aryl methyl sites for hydroxylation is 1. The molecule has 0 aliphatic heterocycles. The molecule has 0 fully saturated rings. The standard InChI is InChI=1S/C17H15FN6S/c1-11-5-4-8-23-9-12(20-15(11)23)10-25-17-22-21-16(24(17)19)13-6-2-3-7-14(13)18/h2-9H,10,19H2,1H3. The van der Waals surface area contributed by atoms with E-state index in [1.165, 1.54) is 22.5 Å². The highest BCUT2D eigenvalue weighted by molar-refractivity contribution is 7.98. The van der Waals surface area contributed by atoms with Gasteiger partial charge in [0.2, 0.25) is 5.16 Å². The number of halogens is 1. The zero-order valence-electron chi connectivity index (χ0n) is 13.4. The van der Waals surface area contributed by atoms with Gasteiger partial charge in [0.15, 0.2) is 5.82 Å². The van der Waals surface area contributed by atoms with E-state index >= 15 is 0 Å². The number of rotatable bonds is 4. The van der Waals surface area contributed by atoms with Crippen LogP contribution in [-0.4, -0.2) is 24.3 Å². The van der Waals surface area contributed by atoms with Crippen molar-refractivity contribution in [2.45, 2.75) is 17.8 Å². The Bertz CT molecular complexity index is 1050. The fourth-order valence-electron chi connectivity index (χ4n) is 2.61. The molecule has 0 atom stereocenters. The highest BCUT2D eigenvalue weighted by atomic mass is 32.2. The Morgan fingerprint density at radius 1 is 1.16 bits per heavy atom. The number of imidazole rings is 1. The monoisotopic (exact) mass is 354 g/mol. The van der Waals surface area contributed by atoms with E-state index < -0.39 is 0 Å². The Kier molecular flexibility index (Phi) is 3.89. The predicted molar refractivity (Wildman–Crippen MR) is 95.1 cm³/mol. The molecule has 0 amide bonds. The van der Waals surface area contributed by atoms with Crippen molar-refractivity contribution in [3.63, 3.8) is 0 Å². The predicted octanol–water partition coefficient (Wildman–Crippen LogP) is 3.05. The second-order valence-corrected chi connectivity index (χ2v) is 6.54. The molecule has 0 saturated carbocycles. The van der Waals surface area contributed by atoms with Crippen molar-refractivity contribution >= 4 is 17.4 Å². The summed E-state index contributed by atoms with van der Waals surface area (Å²) in [6.07, 6.45) is 3.94. The average molecular weight is 354 g/mol. The number of nitrogens with two attached hydrogens (primary N) is 1. The molecule has 0 radical (unpaired) electrons. The molecule has 0 bridgehead atoms. The summed E-state index contributed by atoms with van der Waals surface area (Å²) in [5, 5.41) is 8.59. The molecule has 6 nitrogen and oxygen atoms in total. The van der Waals surface area contributed by atoms with Crippen LogP contribution in [0.5, 0.6) is 0 Å². The molecule has 0 saturated heterocycles. The van der Waals surface area contributed by atoms with Crippen molar-refractivity contribution in [1.29, 1.82) is 0 Å². The minimum Gasteiger partial charge on any atom is -0.335 e. The van der Waals surface area contributed by atoms with Gasteiger partial charge in [-0.1, -0.05) is 30.0 Å². The number of pyridine rings is 1. The van der Waals surface area contributed by atoms with Crippen molar-refractivity contribution in [1.82, 2.24) is 24.3 Å². The summed E-state index contributed by atoms with van der Waals surface area (Å²) in [4.78, 5) is 4.62. The molecule has 2 N–H and O–H groups in total. The third-order valence-electron chi connectivity index (χ3n) is 3.86. The summed E-state index contributed by atoms with van der Waals surface area (Å²) in [7, 11) is 0. The lowest BCUT2D eigenvalue weighted by Crippen LogP contribution is -2.12. The number of thioether (sulfide) groups is 1. The molecule has 4 rings (SSSR count). The molecule has 0 aliphatic rings. The Balaban J connectivity index is 1.57. The second kappa shape index (κ2) is 6.21. The third-order valence-corrected chi connectivity index (χ3v) is 4.83. The van der Waals surface area contributed by atoms with Crippen LogP contribution in [0.1, 0.15) is 11.3 Å². The summed E-state index contributed by atoms with van der Waals surface area (Å²) in [6, 6.07) is 10.4. The molecule has 0 unspecified atom stereocenters. The highest BCUT2D eigenvalue weighted by Gasteiger charge is 2.15. The van der Waals surface area contributed by atoms with E-state index in [0.717, 1.165) is 16.9 Å². The van der Waals surface area contributed by atoms with Crippen LogP contribution in [0.25, 0.3) is 17.0 Å². The van der Waals surface area contributed by atoms with E-state index in [9.17, 15) is 4.39 Å². The first-order valence-corrected chi connectivity index (χ1v) is 8.63. The molecule has 4 aromatic rings.